The number of carbonyl (C=O) groups excluding carboxylic acids is 1. The Hall–Kier alpha value is -2.35. The zero-order valence-corrected chi connectivity index (χ0v) is 14.1. The Labute approximate surface area is 148 Å². The van der Waals surface area contributed by atoms with E-state index in [1.807, 2.05) is 0 Å². The molecule has 0 saturated carbocycles. The Kier molecular flexibility index (Phi) is 3.79. The summed E-state index contributed by atoms with van der Waals surface area (Å²) in [6.07, 6.45) is 1.58. The lowest BCUT2D eigenvalue weighted by Gasteiger charge is -2.16. The van der Waals surface area contributed by atoms with Crippen LogP contribution < -0.4 is 4.74 Å². The van der Waals surface area contributed by atoms with E-state index < -0.39 is 18.3 Å². The van der Waals surface area contributed by atoms with Gasteiger partial charge in [-0.05, 0) is 22.0 Å². The normalized spacial score (nSPS) is 16.7. The van der Waals surface area contributed by atoms with Crippen LogP contribution in [0.1, 0.15) is 34.1 Å². The number of carbonyl (C=O) groups is 1. The summed E-state index contributed by atoms with van der Waals surface area (Å²) >= 11 is 3.12. The van der Waals surface area contributed by atoms with E-state index in [-0.39, 0.29) is 33.8 Å². The SMILES string of the molecule is O=C1C[C@H](c2ccccc2OC(F)F)c2c1nc1cc(F)c(Br)cn21. The molecule has 4 nitrogen and oxygen atoms in total. The predicted octanol–water partition coefficient (Wildman–Crippen LogP) is 4.56. The van der Waals surface area contributed by atoms with Gasteiger partial charge in [-0.3, -0.25) is 4.79 Å². The molecule has 4 rings (SSSR count). The van der Waals surface area contributed by atoms with Crippen LogP contribution in [-0.2, 0) is 0 Å². The van der Waals surface area contributed by atoms with Crippen molar-refractivity contribution in [3.8, 4) is 5.75 Å². The Morgan fingerprint density at radius 3 is 2.84 bits per heavy atom. The van der Waals surface area contributed by atoms with Crippen molar-refractivity contribution in [2.75, 3.05) is 0 Å². The number of fused-ring (bicyclic) bond motifs is 3. The average Bonchev–Trinajstić information content (AvgIpc) is 3.06. The van der Waals surface area contributed by atoms with Gasteiger partial charge in [-0.1, -0.05) is 18.2 Å². The summed E-state index contributed by atoms with van der Waals surface area (Å²) in [5.41, 5.74) is 1.54. The quantitative estimate of drug-likeness (QED) is 0.635. The number of hydrogen-bond acceptors (Lipinski definition) is 3. The van der Waals surface area contributed by atoms with E-state index in [2.05, 4.69) is 25.7 Å². The molecule has 0 unspecified atom stereocenters. The molecule has 0 radical (unpaired) electrons. The van der Waals surface area contributed by atoms with E-state index in [9.17, 15) is 18.0 Å². The van der Waals surface area contributed by atoms with Crippen LogP contribution in [0, 0.1) is 5.82 Å². The molecule has 0 bridgehead atoms. The van der Waals surface area contributed by atoms with Gasteiger partial charge in [0, 0.05) is 30.2 Å². The van der Waals surface area contributed by atoms with Crippen LogP contribution in [-0.4, -0.2) is 21.8 Å². The van der Waals surface area contributed by atoms with Crippen LogP contribution in [0.3, 0.4) is 0 Å². The maximum atomic E-state index is 13.7. The Morgan fingerprint density at radius 2 is 2.08 bits per heavy atom. The molecule has 1 aromatic carbocycles. The number of hydrogen-bond donors (Lipinski definition) is 0. The molecule has 3 aromatic rings. The van der Waals surface area contributed by atoms with Crippen molar-refractivity contribution in [2.24, 2.45) is 0 Å². The fraction of sp³-hybridized carbons (Fsp3) is 0.176. The molecule has 1 aliphatic carbocycles. The van der Waals surface area contributed by atoms with E-state index in [1.165, 1.54) is 18.3 Å². The number of pyridine rings is 1. The molecule has 2 aromatic heterocycles. The number of benzene rings is 1. The van der Waals surface area contributed by atoms with E-state index >= 15 is 0 Å². The van der Waals surface area contributed by atoms with Gasteiger partial charge in [0.05, 0.1) is 10.2 Å². The smallest absolute Gasteiger partial charge is 0.387 e. The van der Waals surface area contributed by atoms with Crippen molar-refractivity contribution in [3.05, 3.63) is 63.8 Å². The number of aromatic nitrogens is 2. The second kappa shape index (κ2) is 5.87. The van der Waals surface area contributed by atoms with Crippen LogP contribution in [0.25, 0.3) is 5.65 Å². The average molecular weight is 411 g/mol. The highest BCUT2D eigenvalue weighted by Crippen LogP contribution is 2.42. The highest BCUT2D eigenvalue weighted by atomic mass is 79.9. The molecule has 0 N–H and O–H groups in total. The summed E-state index contributed by atoms with van der Waals surface area (Å²) in [5.74, 6) is -1.20. The highest BCUT2D eigenvalue weighted by molar-refractivity contribution is 9.10. The number of halogens is 4. The van der Waals surface area contributed by atoms with Crippen LogP contribution in [0.15, 0.2) is 41.0 Å². The van der Waals surface area contributed by atoms with E-state index in [4.69, 9.17) is 0 Å². The van der Waals surface area contributed by atoms with Gasteiger partial charge in [0.1, 0.15) is 22.9 Å². The second-order valence-corrected chi connectivity index (χ2v) is 6.49. The summed E-state index contributed by atoms with van der Waals surface area (Å²) in [6.45, 7) is -2.97. The minimum absolute atomic E-state index is 0.0132. The summed E-state index contributed by atoms with van der Waals surface area (Å²) < 4.78 is 45.6. The topological polar surface area (TPSA) is 43.6 Å². The van der Waals surface area contributed by atoms with Gasteiger partial charge in [-0.25, -0.2) is 9.37 Å². The Bertz CT molecular complexity index is 1000. The lowest BCUT2D eigenvalue weighted by atomic mass is 9.95. The molecule has 25 heavy (non-hydrogen) atoms. The summed E-state index contributed by atoms with van der Waals surface area (Å²) in [4.78, 5) is 16.6. The Morgan fingerprint density at radius 1 is 1.32 bits per heavy atom. The standard InChI is InChI=1S/C17H10BrF3N2O2/c18-10-7-23-14(6-11(10)19)22-15-12(24)5-9(16(15)23)8-3-1-2-4-13(8)25-17(20)21/h1-4,6-7,9,17H,5H2/t9-/m1/s1. The minimum Gasteiger partial charge on any atom is -0.435 e. The van der Waals surface area contributed by atoms with Crippen molar-refractivity contribution >= 4 is 27.4 Å². The van der Waals surface area contributed by atoms with Crippen molar-refractivity contribution in [2.45, 2.75) is 19.0 Å². The van der Waals surface area contributed by atoms with Gasteiger partial charge >= 0.3 is 6.61 Å². The van der Waals surface area contributed by atoms with Crippen molar-refractivity contribution < 1.29 is 22.7 Å². The molecule has 0 amide bonds. The van der Waals surface area contributed by atoms with E-state index in [0.29, 0.717) is 11.3 Å². The van der Waals surface area contributed by atoms with Gasteiger partial charge in [-0.2, -0.15) is 8.78 Å². The van der Waals surface area contributed by atoms with Crippen molar-refractivity contribution in [1.29, 1.82) is 0 Å². The molecular formula is C17H10BrF3N2O2. The minimum atomic E-state index is -2.97. The zero-order chi connectivity index (χ0) is 17.7. The summed E-state index contributed by atoms with van der Waals surface area (Å²) in [7, 11) is 0. The Balaban J connectivity index is 1.91. The fourth-order valence-corrected chi connectivity index (χ4v) is 3.52. The van der Waals surface area contributed by atoms with Gasteiger partial charge in [0.2, 0.25) is 0 Å². The van der Waals surface area contributed by atoms with Crippen molar-refractivity contribution in [1.82, 2.24) is 9.38 Å². The first-order valence-corrected chi connectivity index (χ1v) is 8.19. The third-order valence-electron chi connectivity index (χ3n) is 4.20. The third kappa shape index (κ3) is 2.60. The first kappa shape index (κ1) is 16.1. The molecule has 0 aliphatic heterocycles. The molecular weight excluding hydrogens is 401 g/mol. The lowest BCUT2D eigenvalue weighted by Crippen LogP contribution is -2.08. The van der Waals surface area contributed by atoms with Crippen LogP contribution >= 0.6 is 15.9 Å². The molecule has 8 heteroatoms. The number of rotatable bonds is 3. The van der Waals surface area contributed by atoms with E-state index in [1.54, 1.807) is 22.6 Å². The summed E-state index contributed by atoms with van der Waals surface area (Å²) in [6, 6.07) is 7.56. The molecule has 0 spiro atoms. The summed E-state index contributed by atoms with van der Waals surface area (Å²) in [5, 5.41) is 0. The zero-order valence-electron chi connectivity index (χ0n) is 12.5. The number of nitrogens with zero attached hydrogens (tertiary/aromatic N) is 2. The van der Waals surface area contributed by atoms with Crippen LogP contribution in [0.4, 0.5) is 13.2 Å². The first-order valence-electron chi connectivity index (χ1n) is 7.39. The molecule has 1 aliphatic rings. The molecule has 128 valence electrons. The van der Waals surface area contributed by atoms with E-state index in [0.717, 1.165) is 0 Å². The molecule has 2 heterocycles. The molecule has 0 fully saturated rings. The van der Waals surface area contributed by atoms with Gasteiger partial charge < -0.3 is 9.14 Å². The molecule has 0 saturated heterocycles. The fourth-order valence-electron chi connectivity index (χ4n) is 3.20. The van der Waals surface area contributed by atoms with Crippen molar-refractivity contribution in [3.63, 3.8) is 0 Å². The van der Waals surface area contributed by atoms with Gasteiger partial charge in [0.15, 0.2) is 5.78 Å². The largest absolute Gasteiger partial charge is 0.435 e. The third-order valence-corrected chi connectivity index (χ3v) is 4.78. The number of ketones is 1. The van der Waals surface area contributed by atoms with Gasteiger partial charge in [0.25, 0.3) is 0 Å². The first-order chi connectivity index (χ1) is 12.0. The number of para-hydroxylation sites is 1. The monoisotopic (exact) mass is 410 g/mol. The number of ether oxygens (including phenoxy) is 1. The number of alkyl halides is 2. The van der Waals surface area contributed by atoms with Gasteiger partial charge in [-0.15, -0.1) is 0 Å². The predicted molar refractivity (Wildman–Crippen MR) is 86.7 cm³/mol. The maximum Gasteiger partial charge on any atom is 0.387 e. The second-order valence-electron chi connectivity index (χ2n) is 5.64. The highest BCUT2D eigenvalue weighted by Gasteiger charge is 2.37. The van der Waals surface area contributed by atoms with Crippen LogP contribution in [0.2, 0.25) is 0 Å². The lowest BCUT2D eigenvalue weighted by molar-refractivity contribution is -0.0505. The maximum absolute atomic E-state index is 13.7. The number of Topliss-reactive ketones (excluding diaryl/α,β-unsaturated/α-hetero) is 1. The molecule has 1 atom stereocenters. The number of imidazole rings is 1. The van der Waals surface area contributed by atoms with Crippen LogP contribution in [0.5, 0.6) is 5.75 Å².